The molecule has 0 bridgehead atoms. The number of fused-ring (bicyclic) bond motifs is 1. The third-order valence-electron chi connectivity index (χ3n) is 5.83. The minimum absolute atomic E-state index is 0.0636. The van der Waals surface area contributed by atoms with Crippen LogP contribution in [-0.2, 0) is 17.5 Å². The standard InChI is InChI=1S/C21H22F4N6O3/c1-26-20(34)17-28-16(29-18(32)11-6-12(21(23,24)25)8-13(22)7-11)14-9-27-19(33)15(31(14)17)10-30-4-2-3-5-30/h6-8,15H,2-5,9-10H2,1H3,(H,26,34)(H,27,33)(H,29,32). The fraction of sp³-hybridized carbons (Fsp3) is 0.429. The van der Waals surface area contributed by atoms with E-state index in [1.165, 1.54) is 11.6 Å². The maximum atomic E-state index is 13.8. The molecule has 4 rings (SSSR count). The van der Waals surface area contributed by atoms with Gasteiger partial charge in [0.05, 0.1) is 17.8 Å². The van der Waals surface area contributed by atoms with E-state index < -0.39 is 41.0 Å². The average molecular weight is 482 g/mol. The first-order chi connectivity index (χ1) is 16.1. The van der Waals surface area contributed by atoms with E-state index in [-0.39, 0.29) is 30.2 Å². The number of nitrogens with zero attached hydrogens (tertiary/aromatic N) is 3. The third kappa shape index (κ3) is 4.60. The number of alkyl halides is 3. The van der Waals surface area contributed by atoms with Gasteiger partial charge in [-0.05, 0) is 44.1 Å². The summed E-state index contributed by atoms with van der Waals surface area (Å²) >= 11 is 0. The summed E-state index contributed by atoms with van der Waals surface area (Å²) in [7, 11) is 1.38. The van der Waals surface area contributed by atoms with Crippen molar-refractivity contribution >= 4 is 23.5 Å². The topological polar surface area (TPSA) is 108 Å². The van der Waals surface area contributed by atoms with Crippen molar-refractivity contribution in [2.75, 3.05) is 32.0 Å². The van der Waals surface area contributed by atoms with E-state index in [2.05, 4.69) is 25.8 Å². The van der Waals surface area contributed by atoms with Gasteiger partial charge in [0.15, 0.2) is 5.82 Å². The highest BCUT2D eigenvalue weighted by atomic mass is 19.4. The Bertz CT molecular complexity index is 1140. The molecule has 0 saturated carbocycles. The van der Waals surface area contributed by atoms with Crippen molar-refractivity contribution < 1.29 is 31.9 Å². The second-order valence-electron chi connectivity index (χ2n) is 8.10. The first-order valence-electron chi connectivity index (χ1n) is 10.6. The van der Waals surface area contributed by atoms with Gasteiger partial charge < -0.3 is 25.4 Å². The van der Waals surface area contributed by atoms with Crippen molar-refractivity contribution in [2.24, 2.45) is 0 Å². The second-order valence-corrected chi connectivity index (χ2v) is 8.10. The van der Waals surface area contributed by atoms with Gasteiger partial charge in [-0.3, -0.25) is 14.4 Å². The van der Waals surface area contributed by atoms with Crippen LogP contribution in [0.5, 0.6) is 0 Å². The Hall–Kier alpha value is -3.48. The molecule has 1 atom stereocenters. The summed E-state index contributed by atoms with van der Waals surface area (Å²) in [4.78, 5) is 44.2. The van der Waals surface area contributed by atoms with Crippen molar-refractivity contribution in [3.63, 3.8) is 0 Å². The van der Waals surface area contributed by atoms with E-state index in [0.717, 1.165) is 25.9 Å². The van der Waals surface area contributed by atoms with Gasteiger partial charge in [0.25, 0.3) is 11.8 Å². The highest BCUT2D eigenvalue weighted by molar-refractivity contribution is 6.05. The van der Waals surface area contributed by atoms with Gasteiger partial charge in [0.2, 0.25) is 11.7 Å². The average Bonchev–Trinajstić information content (AvgIpc) is 3.42. The molecule has 1 unspecified atom stereocenters. The fourth-order valence-corrected chi connectivity index (χ4v) is 4.19. The van der Waals surface area contributed by atoms with Gasteiger partial charge in [-0.15, -0.1) is 0 Å². The normalized spacial score (nSPS) is 18.4. The van der Waals surface area contributed by atoms with E-state index >= 15 is 0 Å². The van der Waals surface area contributed by atoms with Gasteiger partial charge in [0.1, 0.15) is 11.9 Å². The lowest BCUT2D eigenvalue weighted by atomic mass is 10.1. The Kier molecular flexibility index (Phi) is 6.30. The molecular weight excluding hydrogens is 460 g/mol. The summed E-state index contributed by atoms with van der Waals surface area (Å²) in [5.74, 6) is -3.42. The monoisotopic (exact) mass is 482 g/mol. The summed E-state index contributed by atoms with van der Waals surface area (Å²) in [5, 5.41) is 7.51. The number of halogens is 4. The maximum absolute atomic E-state index is 13.8. The molecule has 0 spiro atoms. The lowest BCUT2D eigenvalue weighted by Crippen LogP contribution is -2.45. The molecule has 1 aromatic carbocycles. The van der Waals surface area contributed by atoms with Gasteiger partial charge >= 0.3 is 6.18 Å². The number of aromatic nitrogens is 2. The molecular formula is C21H22F4N6O3. The SMILES string of the molecule is CNC(=O)c1nc(NC(=O)c2cc(F)cc(C(F)(F)F)c2)c2n1C(CN1CCCC1)C(=O)NC2. The van der Waals surface area contributed by atoms with Crippen LogP contribution >= 0.6 is 0 Å². The van der Waals surface area contributed by atoms with Crippen LogP contribution < -0.4 is 16.0 Å². The molecule has 2 aromatic rings. The third-order valence-corrected chi connectivity index (χ3v) is 5.83. The molecule has 9 nitrogen and oxygen atoms in total. The summed E-state index contributed by atoms with van der Waals surface area (Å²) in [6.07, 6.45) is -2.87. The molecule has 1 aromatic heterocycles. The van der Waals surface area contributed by atoms with Gasteiger partial charge in [-0.25, -0.2) is 9.37 Å². The summed E-state index contributed by atoms with van der Waals surface area (Å²) in [6, 6.07) is 0.694. The number of anilines is 1. The summed E-state index contributed by atoms with van der Waals surface area (Å²) in [6.45, 7) is 1.86. The number of hydrogen-bond acceptors (Lipinski definition) is 5. The Balaban J connectivity index is 1.70. The van der Waals surface area contributed by atoms with E-state index in [0.29, 0.717) is 24.4 Å². The minimum atomic E-state index is -4.84. The molecule has 13 heteroatoms. The molecule has 1 fully saturated rings. The zero-order chi connectivity index (χ0) is 24.6. The molecule has 34 heavy (non-hydrogen) atoms. The Morgan fingerprint density at radius 3 is 2.53 bits per heavy atom. The van der Waals surface area contributed by atoms with Crippen LogP contribution in [0.1, 0.15) is 51.1 Å². The molecule has 2 aliphatic heterocycles. The number of imidazole rings is 1. The van der Waals surface area contributed by atoms with E-state index in [9.17, 15) is 31.9 Å². The van der Waals surface area contributed by atoms with Crippen molar-refractivity contribution in [1.82, 2.24) is 25.1 Å². The highest BCUT2D eigenvalue weighted by Crippen LogP contribution is 2.31. The van der Waals surface area contributed by atoms with Crippen LogP contribution in [-0.4, -0.2) is 58.9 Å². The Morgan fingerprint density at radius 2 is 1.88 bits per heavy atom. The number of hydrogen-bond donors (Lipinski definition) is 3. The van der Waals surface area contributed by atoms with Gasteiger partial charge in [-0.2, -0.15) is 13.2 Å². The number of rotatable bonds is 5. The number of carbonyl (C=O) groups excluding carboxylic acids is 3. The largest absolute Gasteiger partial charge is 0.416 e. The number of nitrogens with one attached hydrogen (secondary N) is 3. The molecule has 1 saturated heterocycles. The van der Waals surface area contributed by atoms with Crippen LogP contribution in [0, 0.1) is 5.82 Å². The number of benzene rings is 1. The van der Waals surface area contributed by atoms with E-state index in [1.807, 2.05) is 0 Å². The first-order valence-corrected chi connectivity index (χ1v) is 10.6. The van der Waals surface area contributed by atoms with Crippen molar-refractivity contribution in [3.8, 4) is 0 Å². The van der Waals surface area contributed by atoms with E-state index in [4.69, 9.17) is 0 Å². The zero-order valence-corrected chi connectivity index (χ0v) is 18.1. The van der Waals surface area contributed by atoms with Gasteiger partial charge in [-0.1, -0.05) is 0 Å². The van der Waals surface area contributed by atoms with Gasteiger partial charge in [0, 0.05) is 19.2 Å². The van der Waals surface area contributed by atoms with Crippen molar-refractivity contribution in [2.45, 2.75) is 31.6 Å². The first kappa shape index (κ1) is 23.7. The number of carbonyl (C=O) groups is 3. The van der Waals surface area contributed by atoms with E-state index in [1.54, 1.807) is 0 Å². The van der Waals surface area contributed by atoms with Crippen LogP contribution in [0.3, 0.4) is 0 Å². The smallest absolute Gasteiger partial charge is 0.352 e. The number of amides is 3. The van der Waals surface area contributed by atoms with Crippen LogP contribution in [0.2, 0.25) is 0 Å². The van der Waals surface area contributed by atoms with Crippen LogP contribution in [0.4, 0.5) is 23.4 Å². The Labute approximate surface area is 191 Å². The fourth-order valence-electron chi connectivity index (χ4n) is 4.19. The minimum Gasteiger partial charge on any atom is -0.352 e. The highest BCUT2D eigenvalue weighted by Gasteiger charge is 2.37. The zero-order valence-electron chi connectivity index (χ0n) is 18.1. The molecule has 2 aliphatic rings. The predicted molar refractivity (Wildman–Crippen MR) is 112 cm³/mol. The second kappa shape index (κ2) is 9.05. The van der Waals surface area contributed by atoms with Crippen molar-refractivity contribution in [3.05, 3.63) is 46.7 Å². The lowest BCUT2D eigenvalue weighted by molar-refractivity contribution is -0.137. The molecule has 3 heterocycles. The van der Waals surface area contributed by atoms with Crippen LogP contribution in [0.15, 0.2) is 18.2 Å². The molecule has 3 N–H and O–H groups in total. The molecule has 0 aliphatic carbocycles. The van der Waals surface area contributed by atoms with Crippen LogP contribution in [0.25, 0.3) is 0 Å². The number of likely N-dealkylation sites (tertiary alicyclic amines) is 1. The lowest BCUT2D eigenvalue weighted by Gasteiger charge is -2.30. The van der Waals surface area contributed by atoms with Crippen molar-refractivity contribution in [1.29, 1.82) is 0 Å². The molecule has 3 amide bonds. The Morgan fingerprint density at radius 1 is 1.18 bits per heavy atom. The molecule has 182 valence electrons. The molecule has 0 radical (unpaired) electrons. The maximum Gasteiger partial charge on any atom is 0.416 e. The predicted octanol–water partition coefficient (Wildman–Crippen LogP) is 1.92. The summed E-state index contributed by atoms with van der Waals surface area (Å²) < 4.78 is 54.3. The summed E-state index contributed by atoms with van der Waals surface area (Å²) in [5.41, 5.74) is -1.57. The quantitative estimate of drug-likeness (QED) is 0.565.